The molecule has 1 nitrogen and oxygen atoms in total. The van der Waals surface area contributed by atoms with Crippen molar-refractivity contribution in [3.8, 4) is 0 Å². The molecule has 0 unspecified atom stereocenters. The Labute approximate surface area is 87.2 Å². The minimum atomic E-state index is 1.14. The molecule has 1 rings (SSSR count). The summed E-state index contributed by atoms with van der Waals surface area (Å²) in [5, 5.41) is 0. The number of nitrogens with zero attached hydrogens (tertiary/aromatic N) is 1. The standard InChI is InChI=1S/C11H13N.C2H6/c1-4-10-7-5-6-9(2)11(10)8-12-3;1-2/h4-8H,1H2,2-3H3;1-2H3. The van der Waals surface area contributed by atoms with Crippen molar-refractivity contribution < 1.29 is 0 Å². The molecule has 0 radical (unpaired) electrons. The molecule has 0 saturated carbocycles. The van der Waals surface area contributed by atoms with Crippen molar-refractivity contribution in [2.75, 3.05) is 7.05 Å². The smallest absolute Gasteiger partial charge is 0.0290 e. The van der Waals surface area contributed by atoms with Gasteiger partial charge >= 0.3 is 0 Å². The predicted octanol–water partition coefficient (Wildman–Crippen LogP) is 3.71. The second kappa shape index (κ2) is 7.07. The average Bonchev–Trinajstić information content (AvgIpc) is 2.24. The van der Waals surface area contributed by atoms with Crippen molar-refractivity contribution in [2.24, 2.45) is 4.99 Å². The second-order valence-corrected chi connectivity index (χ2v) is 2.67. The highest BCUT2D eigenvalue weighted by Gasteiger charge is 1.97. The second-order valence-electron chi connectivity index (χ2n) is 2.67. The van der Waals surface area contributed by atoms with Gasteiger partial charge in [-0.1, -0.05) is 44.7 Å². The lowest BCUT2D eigenvalue weighted by molar-refractivity contribution is 1.40. The highest BCUT2D eigenvalue weighted by atomic mass is 14.6. The van der Waals surface area contributed by atoms with Crippen LogP contribution in [0.3, 0.4) is 0 Å². The summed E-state index contributed by atoms with van der Waals surface area (Å²) in [6.45, 7) is 9.83. The SMILES string of the molecule is C=Cc1cccc(C)c1C=NC.CC. The molecule has 0 bridgehead atoms. The number of aryl methyl sites for hydroxylation is 1. The van der Waals surface area contributed by atoms with E-state index in [1.165, 1.54) is 5.56 Å². The Morgan fingerprint density at radius 3 is 2.43 bits per heavy atom. The Balaban J connectivity index is 0.000000791. The molecule has 76 valence electrons. The van der Waals surface area contributed by atoms with Crippen LogP contribution in [-0.2, 0) is 0 Å². The zero-order chi connectivity index (χ0) is 11.0. The molecule has 1 aromatic carbocycles. The molecule has 0 N–H and O–H groups in total. The van der Waals surface area contributed by atoms with Crippen LogP contribution in [0, 0.1) is 6.92 Å². The summed E-state index contributed by atoms with van der Waals surface area (Å²) in [6.07, 6.45) is 3.72. The van der Waals surface area contributed by atoms with Crippen LogP contribution in [0.5, 0.6) is 0 Å². The molecule has 14 heavy (non-hydrogen) atoms. The van der Waals surface area contributed by atoms with Gasteiger partial charge in [0.2, 0.25) is 0 Å². The van der Waals surface area contributed by atoms with Gasteiger partial charge < -0.3 is 0 Å². The van der Waals surface area contributed by atoms with E-state index in [1.807, 2.05) is 38.3 Å². The van der Waals surface area contributed by atoms with Gasteiger partial charge in [-0.3, -0.25) is 4.99 Å². The van der Waals surface area contributed by atoms with E-state index in [-0.39, 0.29) is 0 Å². The fraction of sp³-hybridized carbons (Fsp3) is 0.308. The maximum atomic E-state index is 4.00. The molecule has 0 heterocycles. The van der Waals surface area contributed by atoms with Gasteiger partial charge in [0.15, 0.2) is 0 Å². The topological polar surface area (TPSA) is 12.4 Å². The Morgan fingerprint density at radius 2 is 1.93 bits per heavy atom. The van der Waals surface area contributed by atoms with E-state index >= 15 is 0 Å². The summed E-state index contributed by atoms with van der Waals surface area (Å²) in [5.41, 5.74) is 3.54. The van der Waals surface area contributed by atoms with E-state index in [0.717, 1.165) is 11.1 Å². The molecule has 0 fully saturated rings. The first-order chi connectivity index (χ1) is 6.79. The van der Waals surface area contributed by atoms with E-state index in [0.29, 0.717) is 0 Å². The fourth-order valence-corrected chi connectivity index (χ4v) is 1.19. The van der Waals surface area contributed by atoms with Gasteiger partial charge in [-0.15, -0.1) is 0 Å². The highest BCUT2D eigenvalue weighted by molar-refractivity contribution is 5.87. The van der Waals surface area contributed by atoms with E-state index in [2.05, 4.69) is 24.6 Å². The fourth-order valence-electron chi connectivity index (χ4n) is 1.19. The molecule has 0 aliphatic rings. The highest BCUT2D eigenvalue weighted by Crippen LogP contribution is 2.12. The summed E-state index contributed by atoms with van der Waals surface area (Å²) >= 11 is 0. The Kier molecular flexibility index (Phi) is 6.38. The van der Waals surface area contributed by atoms with E-state index in [1.54, 1.807) is 7.05 Å². The van der Waals surface area contributed by atoms with Crippen LogP contribution in [0.15, 0.2) is 29.8 Å². The van der Waals surface area contributed by atoms with Crippen LogP contribution in [0.25, 0.3) is 6.08 Å². The van der Waals surface area contributed by atoms with Crippen LogP contribution in [0.1, 0.15) is 30.5 Å². The molecule has 1 heteroatoms. The summed E-state index contributed by atoms with van der Waals surface area (Å²) in [6, 6.07) is 6.14. The first-order valence-corrected chi connectivity index (χ1v) is 4.94. The maximum Gasteiger partial charge on any atom is 0.0290 e. The van der Waals surface area contributed by atoms with Gasteiger partial charge in [-0.05, 0) is 18.1 Å². The normalized spacial score (nSPS) is 9.43. The lowest BCUT2D eigenvalue weighted by atomic mass is 10.0. The van der Waals surface area contributed by atoms with Crippen molar-refractivity contribution in [2.45, 2.75) is 20.8 Å². The van der Waals surface area contributed by atoms with E-state index < -0.39 is 0 Å². The number of aliphatic imine (C=N–C) groups is 1. The van der Waals surface area contributed by atoms with Crippen LogP contribution < -0.4 is 0 Å². The zero-order valence-electron chi connectivity index (χ0n) is 9.54. The average molecular weight is 189 g/mol. The first kappa shape index (κ1) is 12.6. The monoisotopic (exact) mass is 189 g/mol. The van der Waals surface area contributed by atoms with Crippen molar-refractivity contribution >= 4 is 12.3 Å². The Bertz CT molecular complexity index is 311. The Hall–Kier alpha value is -1.37. The van der Waals surface area contributed by atoms with E-state index in [4.69, 9.17) is 0 Å². The Morgan fingerprint density at radius 1 is 1.29 bits per heavy atom. The molecule has 0 spiro atoms. The number of hydrogen-bond acceptors (Lipinski definition) is 1. The lowest BCUT2D eigenvalue weighted by Gasteiger charge is -2.03. The van der Waals surface area contributed by atoms with Crippen LogP contribution >= 0.6 is 0 Å². The molecule has 0 aliphatic carbocycles. The van der Waals surface area contributed by atoms with Gasteiger partial charge in [-0.25, -0.2) is 0 Å². The van der Waals surface area contributed by atoms with Crippen LogP contribution in [0.4, 0.5) is 0 Å². The molecule has 0 aliphatic heterocycles. The summed E-state index contributed by atoms with van der Waals surface area (Å²) in [7, 11) is 1.78. The number of rotatable bonds is 2. The van der Waals surface area contributed by atoms with E-state index in [9.17, 15) is 0 Å². The molecular weight excluding hydrogens is 170 g/mol. The van der Waals surface area contributed by atoms with Crippen LogP contribution in [0.2, 0.25) is 0 Å². The molecule has 0 aromatic heterocycles. The summed E-state index contributed by atoms with van der Waals surface area (Å²) in [4.78, 5) is 4.00. The van der Waals surface area contributed by atoms with Gasteiger partial charge in [0.05, 0.1) is 0 Å². The minimum Gasteiger partial charge on any atom is -0.296 e. The molecule has 0 amide bonds. The predicted molar refractivity (Wildman–Crippen MR) is 66.1 cm³/mol. The van der Waals surface area contributed by atoms with Gasteiger partial charge in [0.1, 0.15) is 0 Å². The van der Waals surface area contributed by atoms with Crippen molar-refractivity contribution in [1.29, 1.82) is 0 Å². The summed E-state index contributed by atoms with van der Waals surface area (Å²) < 4.78 is 0. The number of benzene rings is 1. The number of hydrogen-bond donors (Lipinski definition) is 0. The zero-order valence-corrected chi connectivity index (χ0v) is 9.54. The molecule has 1 aromatic rings. The summed E-state index contributed by atoms with van der Waals surface area (Å²) in [5.74, 6) is 0. The first-order valence-electron chi connectivity index (χ1n) is 4.94. The van der Waals surface area contributed by atoms with Gasteiger partial charge in [-0.2, -0.15) is 0 Å². The lowest BCUT2D eigenvalue weighted by Crippen LogP contribution is -1.90. The van der Waals surface area contributed by atoms with Crippen LogP contribution in [-0.4, -0.2) is 13.3 Å². The van der Waals surface area contributed by atoms with Crippen molar-refractivity contribution in [1.82, 2.24) is 0 Å². The van der Waals surface area contributed by atoms with Crippen molar-refractivity contribution in [3.63, 3.8) is 0 Å². The minimum absolute atomic E-state index is 1.14. The molecule has 0 saturated heterocycles. The third kappa shape index (κ3) is 3.17. The largest absolute Gasteiger partial charge is 0.296 e. The maximum absolute atomic E-state index is 4.00. The third-order valence-corrected chi connectivity index (χ3v) is 1.84. The third-order valence-electron chi connectivity index (χ3n) is 1.84. The van der Waals surface area contributed by atoms with Crippen molar-refractivity contribution in [3.05, 3.63) is 41.5 Å². The van der Waals surface area contributed by atoms with Gasteiger partial charge in [0.25, 0.3) is 0 Å². The quantitative estimate of drug-likeness (QED) is 0.629. The molecule has 0 atom stereocenters. The molecular formula is C13H19N. The van der Waals surface area contributed by atoms with Gasteiger partial charge in [0, 0.05) is 18.8 Å².